The van der Waals surface area contributed by atoms with E-state index in [1.807, 2.05) is 12.1 Å². The molecule has 0 saturated carbocycles. The predicted molar refractivity (Wildman–Crippen MR) is 94.1 cm³/mol. The summed E-state index contributed by atoms with van der Waals surface area (Å²) < 4.78 is 10.4. The summed E-state index contributed by atoms with van der Waals surface area (Å²) in [5, 5.41) is 3.54. The number of carbonyl (C=O) groups excluding carboxylic acids is 1. The highest BCUT2D eigenvalue weighted by Crippen LogP contribution is 2.32. The molecule has 1 atom stereocenters. The van der Waals surface area contributed by atoms with Gasteiger partial charge in [0.05, 0.1) is 25.3 Å². The number of aryl methyl sites for hydroxylation is 1. The lowest BCUT2D eigenvalue weighted by molar-refractivity contribution is 0.0932. The zero-order chi connectivity index (χ0) is 17.1. The van der Waals surface area contributed by atoms with E-state index in [1.54, 1.807) is 32.4 Å². The molecule has 0 fully saturated rings. The second-order valence-corrected chi connectivity index (χ2v) is 6.24. The summed E-state index contributed by atoms with van der Waals surface area (Å²) in [6.07, 6.45) is 2.97. The molecule has 0 radical (unpaired) electrons. The fourth-order valence-electron chi connectivity index (χ4n) is 3.12. The standard InChI is InChI=1S/C19H20ClNO3/c1-23-14-7-8-15-12(10-14)4-3-5-17(15)21-19(22)13-6-9-18(24-2)16(20)11-13/h6-11,17H,3-5H2,1-2H3,(H,21,22). The van der Waals surface area contributed by atoms with Crippen molar-refractivity contribution in [2.24, 2.45) is 0 Å². The second kappa shape index (κ2) is 7.14. The minimum absolute atomic E-state index is 0.00744. The maximum absolute atomic E-state index is 12.6. The van der Waals surface area contributed by atoms with Crippen molar-refractivity contribution in [1.29, 1.82) is 0 Å². The van der Waals surface area contributed by atoms with E-state index in [-0.39, 0.29) is 11.9 Å². The first-order valence-corrected chi connectivity index (χ1v) is 8.31. The number of amides is 1. The number of halogens is 1. The van der Waals surface area contributed by atoms with Crippen LogP contribution in [0.15, 0.2) is 36.4 Å². The highest BCUT2D eigenvalue weighted by Gasteiger charge is 2.23. The van der Waals surface area contributed by atoms with Crippen LogP contribution in [0, 0.1) is 0 Å². The van der Waals surface area contributed by atoms with Gasteiger partial charge in [-0.2, -0.15) is 0 Å². The number of benzene rings is 2. The van der Waals surface area contributed by atoms with E-state index in [9.17, 15) is 4.79 Å². The average Bonchev–Trinajstić information content (AvgIpc) is 2.61. The molecule has 1 unspecified atom stereocenters. The molecule has 0 saturated heterocycles. The Bertz CT molecular complexity index is 760. The maximum Gasteiger partial charge on any atom is 0.251 e. The Morgan fingerprint density at radius 3 is 2.71 bits per heavy atom. The van der Waals surface area contributed by atoms with Crippen LogP contribution in [0.2, 0.25) is 5.02 Å². The van der Waals surface area contributed by atoms with E-state index >= 15 is 0 Å². The third kappa shape index (κ3) is 3.34. The Labute approximate surface area is 146 Å². The fraction of sp³-hybridized carbons (Fsp3) is 0.316. The molecular weight excluding hydrogens is 326 g/mol. The van der Waals surface area contributed by atoms with Gasteiger partial charge in [-0.05, 0) is 60.7 Å². The van der Waals surface area contributed by atoms with Crippen molar-refractivity contribution in [1.82, 2.24) is 5.32 Å². The molecule has 5 heteroatoms. The number of hydrogen-bond acceptors (Lipinski definition) is 3. The Morgan fingerprint density at radius 2 is 2.00 bits per heavy atom. The monoisotopic (exact) mass is 345 g/mol. The van der Waals surface area contributed by atoms with Gasteiger partial charge in [-0.3, -0.25) is 4.79 Å². The molecule has 1 amide bonds. The zero-order valence-corrected chi connectivity index (χ0v) is 14.5. The molecule has 1 N–H and O–H groups in total. The molecule has 1 aliphatic rings. The topological polar surface area (TPSA) is 47.6 Å². The quantitative estimate of drug-likeness (QED) is 0.904. The van der Waals surface area contributed by atoms with Crippen LogP contribution < -0.4 is 14.8 Å². The SMILES string of the molecule is COc1ccc2c(c1)CCCC2NC(=O)c1ccc(OC)c(Cl)c1. The van der Waals surface area contributed by atoms with Gasteiger partial charge in [-0.15, -0.1) is 0 Å². The van der Waals surface area contributed by atoms with Gasteiger partial charge in [0.2, 0.25) is 0 Å². The first kappa shape index (κ1) is 16.7. The Hall–Kier alpha value is -2.20. The molecule has 2 aromatic carbocycles. The Morgan fingerprint density at radius 1 is 1.17 bits per heavy atom. The number of methoxy groups -OCH3 is 2. The lowest BCUT2D eigenvalue weighted by atomic mass is 9.87. The van der Waals surface area contributed by atoms with Crippen molar-refractivity contribution in [2.75, 3.05) is 14.2 Å². The van der Waals surface area contributed by atoms with Crippen LogP contribution in [-0.4, -0.2) is 20.1 Å². The molecule has 4 nitrogen and oxygen atoms in total. The smallest absolute Gasteiger partial charge is 0.251 e. The average molecular weight is 346 g/mol. The van der Waals surface area contributed by atoms with E-state index in [1.165, 1.54) is 5.56 Å². The molecule has 126 valence electrons. The van der Waals surface area contributed by atoms with Gasteiger partial charge < -0.3 is 14.8 Å². The molecule has 1 aliphatic carbocycles. The summed E-state index contributed by atoms with van der Waals surface area (Å²) in [7, 11) is 3.21. The summed E-state index contributed by atoms with van der Waals surface area (Å²) in [5.41, 5.74) is 2.93. The molecule has 0 aromatic heterocycles. The first-order chi connectivity index (χ1) is 11.6. The molecule has 3 rings (SSSR count). The molecular formula is C19H20ClNO3. The van der Waals surface area contributed by atoms with E-state index in [0.29, 0.717) is 16.3 Å². The summed E-state index contributed by atoms with van der Waals surface area (Å²) in [4.78, 5) is 12.6. The summed E-state index contributed by atoms with van der Waals surface area (Å²) in [5.74, 6) is 1.28. The van der Waals surface area contributed by atoms with E-state index in [4.69, 9.17) is 21.1 Å². The van der Waals surface area contributed by atoms with Crippen molar-refractivity contribution in [2.45, 2.75) is 25.3 Å². The molecule has 0 aliphatic heterocycles. The van der Waals surface area contributed by atoms with Crippen LogP contribution in [0.25, 0.3) is 0 Å². The van der Waals surface area contributed by atoms with Crippen molar-refractivity contribution in [3.8, 4) is 11.5 Å². The van der Waals surface area contributed by atoms with Crippen LogP contribution in [0.4, 0.5) is 0 Å². The van der Waals surface area contributed by atoms with Gasteiger partial charge in [0.25, 0.3) is 5.91 Å². The number of rotatable bonds is 4. The molecule has 2 aromatic rings. The fourth-order valence-corrected chi connectivity index (χ4v) is 3.37. The molecule has 0 spiro atoms. The third-order valence-corrected chi connectivity index (χ3v) is 4.68. The second-order valence-electron chi connectivity index (χ2n) is 5.83. The van der Waals surface area contributed by atoms with Crippen LogP contribution >= 0.6 is 11.6 Å². The highest BCUT2D eigenvalue weighted by molar-refractivity contribution is 6.32. The van der Waals surface area contributed by atoms with Gasteiger partial charge in [0.1, 0.15) is 11.5 Å². The van der Waals surface area contributed by atoms with E-state index in [0.717, 1.165) is 30.6 Å². The van der Waals surface area contributed by atoms with Crippen molar-refractivity contribution in [3.05, 3.63) is 58.1 Å². The van der Waals surface area contributed by atoms with E-state index < -0.39 is 0 Å². The number of nitrogens with one attached hydrogen (secondary N) is 1. The van der Waals surface area contributed by atoms with Gasteiger partial charge in [-0.25, -0.2) is 0 Å². The third-order valence-electron chi connectivity index (χ3n) is 4.38. The minimum atomic E-state index is -0.131. The van der Waals surface area contributed by atoms with Gasteiger partial charge in [0, 0.05) is 5.56 Å². The highest BCUT2D eigenvalue weighted by atomic mass is 35.5. The predicted octanol–water partition coefficient (Wildman–Crippen LogP) is 4.16. The van der Waals surface area contributed by atoms with Crippen molar-refractivity contribution >= 4 is 17.5 Å². The van der Waals surface area contributed by atoms with Crippen LogP contribution in [-0.2, 0) is 6.42 Å². The molecule has 0 bridgehead atoms. The minimum Gasteiger partial charge on any atom is -0.497 e. The number of hydrogen-bond donors (Lipinski definition) is 1. The lowest BCUT2D eigenvalue weighted by Gasteiger charge is -2.27. The Kier molecular flexibility index (Phi) is 4.95. The first-order valence-electron chi connectivity index (χ1n) is 7.93. The largest absolute Gasteiger partial charge is 0.497 e. The van der Waals surface area contributed by atoms with Crippen molar-refractivity contribution in [3.63, 3.8) is 0 Å². The maximum atomic E-state index is 12.6. The van der Waals surface area contributed by atoms with Gasteiger partial charge >= 0.3 is 0 Å². The van der Waals surface area contributed by atoms with Gasteiger partial charge in [0.15, 0.2) is 0 Å². The van der Waals surface area contributed by atoms with Crippen molar-refractivity contribution < 1.29 is 14.3 Å². The molecule has 0 heterocycles. The summed E-state index contributed by atoms with van der Waals surface area (Å²) >= 11 is 6.11. The van der Waals surface area contributed by atoms with Crippen LogP contribution in [0.5, 0.6) is 11.5 Å². The lowest BCUT2D eigenvalue weighted by Crippen LogP contribution is -2.31. The number of carbonyl (C=O) groups is 1. The van der Waals surface area contributed by atoms with E-state index in [2.05, 4.69) is 11.4 Å². The normalized spacial score (nSPS) is 16.2. The Balaban J connectivity index is 1.80. The number of ether oxygens (including phenoxy) is 2. The summed E-state index contributed by atoms with van der Waals surface area (Å²) in [6.45, 7) is 0. The van der Waals surface area contributed by atoms with Gasteiger partial charge in [-0.1, -0.05) is 17.7 Å². The van der Waals surface area contributed by atoms with Crippen LogP contribution in [0.1, 0.15) is 40.4 Å². The van der Waals surface area contributed by atoms with Crippen LogP contribution in [0.3, 0.4) is 0 Å². The molecule has 24 heavy (non-hydrogen) atoms. The zero-order valence-electron chi connectivity index (χ0n) is 13.8. The summed E-state index contributed by atoms with van der Waals surface area (Å²) in [6, 6.07) is 11.1. The number of fused-ring (bicyclic) bond motifs is 1.